The molecule has 6 heteroatoms. The van der Waals surface area contributed by atoms with Crippen LogP contribution in [0.2, 0.25) is 0 Å². The zero-order valence-electron chi connectivity index (χ0n) is 10.8. The Hall–Kier alpha value is -2.08. The van der Waals surface area contributed by atoms with Gasteiger partial charge in [-0.1, -0.05) is 6.92 Å². The molecule has 0 fully saturated rings. The lowest BCUT2D eigenvalue weighted by atomic mass is 10.2. The van der Waals surface area contributed by atoms with E-state index in [1.165, 1.54) is 0 Å². The highest BCUT2D eigenvalue weighted by molar-refractivity contribution is 5.94. The normalized spacial score (nSPS) is 11.7. The highest BCUT2D eigenvalue weighted by Gasteiger charge is 2.08. The van der Waals surface area contributed by atoms with Crippen molar-refractivity contribution in [2.75, 3.05) is 13.2 Å². The third-order valence-corrected chi connectivity index (χ3v) is 2.47. The summed E-state index contributed by atoms with van der Waals surface area (Å²) in [6, 6.07) is 6.30. The molecule has 0 aliphatic heterocycles. The number of ether oxygens (including phenoxy) is 1. The van der Waals surface area contributed by atoms with E-state index in [-0.39, 0.29) is 19.1 Å². The lowest BCUT2D eigenvalue weighted by Crippen LogP contribution is -2.31. The Bertz CT molecular complexity index is 431. The van der Waals surface area contributed by atoms with E-state index in [0.717, 1.165) is 0 Å². The summed E-state index contributed by atoms with van der Waals surface area (Å²) in [5, 5.41) is 12.0. The topological polar surface area (TPSA) is 102 Å². The monoisotopic (exact) mass is 266 g/mol. The molecule has 0 aliphatic carbocycles. The first kappa shape index (κ1) is 15.0. The summed E-state index contributed by atoms with van der Waals surface area (Å²) in [4.78, 5) is 22.2. The highest BCUT2D eigenvalue weighted by Crippen LogP contribution is 2.11. The zero-order chi connectivity index (χ0) is 14.3. The van der Waals surface area contributed by atoms with Gasteiger partial charge in [0.05, 0.1) is 6.10 Å². The van der Waals surface area contributed by atoms with Crippen LogP contribution in [0.3, 0.4) is 0 Å². The number of primary amides is 1. The number of carbonyl (C=O) groups is 2. The number of aliphatic hydroxyl groups is 1. The number of hydrogen-bond donors (Lipinski definition) is 3. The molecule has 1 aromatic carbocycles. The summed E-state index contributed by atoms with van der Waals surface area (Å²) in [7, 11) is 0. The van der Waals surface area contributed by atoms with Crippen LogP contribution in [0.25, 0.3) is 0 Å². The lowest BCUT2D eigenvalue weighted by Gasteiger charge is -2.10. The highest BCUT2D eigenvalue weighted by atomic mass is 16.5. The van der Waals surface area contributed by atoms with Gasteiger partial charge in [0.15, 0.2) is 6.61 Å². The molecule has 1 unspecified atom stereocenters. The van der Waals surface area contributed by atoms with Crippen molar-refractivity contribution in [2.24, 2.45) is 5.73 Å². The summed E-state index contributed by atoms with van der Waals surface area (Å²) >= 11 is 0. The molecule has 1 atom stereocenters. The van der Waals surface area contributed by atoms with Gasteiger partial charge in [0.25, 0.3) is 11.8 Å². The number of aliphatic hydroxyl groups excluding tert-OH is 1. The van der Waals surface area contributed by atoms with E-state index in [9.17, 15) is 14.7 Å². The first-order chi connectivity index (χ1) is 9.02. The number of amides is 2. The van der Waals surface area contributed by atoms with Gasteiger partial charge in [-0.05, 0) is 30.7 Å². The first-order valence-corrected chi connectivity index (χ1v) is 6.00. The fraction of sp³-hybridized carbons (Fsp3) is 0.385. The Kier molecular flexibility index (Phi) is 5.81. The van der Waals surface area contributed by atoms with Crippen LogP contribution >= 0.6 is 0 Å². The van der Waals surface area contributed by atoms with Crippen molar-refractivity contribution in [3.63, 3.8) is 0 Å². The first-order valence-electron chi connectivity index (χ1n) is 6.00. The Morgan fingerprint density at radius 2 is 2.00 bits per heavy atom. The minimum atomic E-state index is -0.560. The van der Waals surface area contributed by atoms with Gasteiger partial charge in [0.2, 0.25) is 0 Å². The second kappa shape index (κ2) is 7.38. The van der Waals surface area contributed by atoms with E-state index in [2.05, 4.69) is 5.32 Å². The molecule has 4 N–H and O–H groups in total. The molecule has 2 amide bonds. The molecule has 0 heterocycles. The summed E-state index contributed by atoms with van der Waals surface area (Å²) in [5.74, 6) is -0.367. The molecule has 6 nitrogen and oxygen atoms in total. The molecule has 1 rings (SSSR count). The Morgan fingerprint density at radius 1 is 1.37 bits per heavy atom. The van der Waals surface area contributed by atoms with Gasteiger partial charge in [-0.2, -0.15) is 0 Å². The molecule has 0 aliphatic rings. The fourth-order valence-electron chi connectivity index (χ4n) is 1.31. The molecule has 0 aromatic heterocycles. The van der Waals surface area contributed by atoms with Crippen LogP contribution < -0.4 is 15.8 Å². The summed E-state index contributed by atoms with van der Waals surface area (Å²) in [6.45, 7) is 1.85. The number of nitrogens with two attached hydrogens (primary N) is 1. The predicted octanol–water partition coefficient (Wildman–Crippen LogP) is 0.0514. The van der Waals surface area contributed by atoms with E-state index in [1.54, 1.807) is 24.3 Å². The van der Waals surface area contributed by atoms with Crippen LogP contribution in [0.4, 0.5) is 0 Å². The maximum Gasteiger partial charge on any atom is 0.255 e. The van der Waals surface area contributed by atoms with E-state index >= 15 is 0 Å². The maximum absolute atomic E-state index is 11.7. The quantitative estimate of drug-likeness (QED) is 0.649. The maximum atomic E-state index is 11.7. The van der Waals surface area contributed by atoms with Crippen LogP contribution in [-0.2, 0) is 4.79 Å². The van der Waals surface area contributed by atoms with Gasteiger partial charge >= 0.3 is 0 Å². The van der Waals surface area contributed by atoms with Crippen LogP contribution in [-0.4, -0.2) is 36.2 Å². The van der Waals surface area contributed by atoms with Crippen molar-refractivity contribution in [1.29, 1.82) is 0 Å². The average molecular weight is 266 g/mol. The van der Waals surface area contributed by atoms with E-state index in [1.807, 2.05) is 6.92 Å². The number of nitrogens with one attached hydrogen (secondary N) is 1. The summed E-state index contributed by atoms with van der Waals surface area (Å²) in [6.07, 6.45) is 0.0438. The molecule has 0 saturated carbocycles. The van der Waals surface area contributed by atoms with E-state index in [4.69, 9.17) is 10.5 Å². The molecular weight excluding hydrogens is 248 g/mol. The number of carbonyl (C=O) groups excluding carboxylic acids is 2. The molecule has 19 heavy (non-hydrogen) atoms. The van der Waals surface area contributed by atoms with E-state index < -0.39 is 12.0 Å². The largest absolute Gasteiger partial charge is 0.484 e. The summed E-state index contributed by atoms with van der Waals surface area (Å²) in [5.41, 5.74) is 5.40. The third-order valence-electron chi connectivity index (χ3n) is 2.47. The standard InChI is InChI=1S/C13H18N2O4/c1-2-10(16)7-15-13(18)9-3-5-11(6-4-9)19-8-12(14)17/h3-6,10,16H,2,7-8H2,1H3,(H2,14,17)(H,15,18). The number of benzene rings is 1. The molecule has 104 valence electrons. The van der Waals surface area contributed by atoms with Crippen molar-refractivity contribution in [3.8, 4) is 5.75 Å². The molecular formula is C13H18N2O4. The van der Waals surface area contributed by atoms with Gasteiger partial charge in [-0.3, -0.25) is 9.59 Å². The van der Waals surface area contributed by atoms with Gasteiger partial charge in [-0.15, -0.1) is 0 Å². The Balaban J connectivity index is 2.50. The predicted molar refractivity (Wildman–Crippen MR) is 69.8 cm³/mol. The molecule has 0 spiro atoms. The second-order valence-corrected chi connectivity index (χ2v) is 4.05. The molecule has 0 bridgehead atoms. The third kappa shape index (κ3) is 5.39. The Labute approximate surface area is 111 Å². The van der Waals surface area contributed by atoms with Crippen LogP contribution in [0.1, 0.15) is 23.7 Å². The average Bonchev–Trinajstić information content (AvgIpc) is 2.42. The van der Waals surface area contributed by atoms with Gasteiger partial charge < -0.3 is 20.9 Å². The SMILES string of the molecule is CCC(O)CNC(=O)c1ccc(OCC(N)=O)cc1. The fourth-order valence-corrected chi connectivity index (χ4v) is 1.31. The summed E-state index contributed by atoms with van der Waals surface area (Å²) < 4.78 is 5.07. The molecule has 1 aromatic rings. The van der Waals surface area contributed by atoms with Crippen molar-refractivity contribution in [3.05, 3.63) is 29.8 Å². The van der Waals surface area contributed by atoms with Crippen molar-refractivity contribution >= 4 is 11.8 Å². The van der Waals surface area contributed by atoms with Crippen molar-refractivity contribution in [1.82, 2.24) is 5.32 Å². The number of hydrogen-bond acceptors (Lipinski definition) is 4. The minimum absolute atomic E-state index is 0.200. The van der Waals surface area contributed by atoms with Gasteiger partial charge in [0.1, 0.15) is 5.75 Å². The molecule has 0 saturated heterocycles. The van der Waals surface area contributed by atoms with Crippen LogP contribution in [0, 0.1) is 0 Å². The smallest absolute Gasteiger partial charge is 0.255 e. The van der Waals surface area contributed by atoms with E-state index in [0.29, 0.717) is 17.7 Å². The van der Waals surface area contributed by atoms with Gasteiger partial charge in [-0.25, -0.2) is 0 Å². The lowest BCUT2D eigenvalue weighted by molar-refractivity contribution is -0.119. The van der Waals surface area contributed by atoms with Gasteiger partial charge in [0, 0.05) is 12.1 Å². The number of rotatable bonds is 7. The minimum Gasteiger partial charge on any atom is -0.484 e. The Morgan fingerprint density at radius 3 is 2.53 bits per heavy atom. The second-order valence-electron chi connectivity index (χ2n) is 4.05. The zero-order valence-corrected chi connectivity index (χ0v) is 10.8. The molecule has 0 radical (unpaired) electrons. The van der Waals surface area contributed by atoms with Crippen LogP contribution in [0.15, 0.2) is 24.3 Å². The van der Waals surface area contributed by atoms with Crippen molar-refractivity contribution in [2.45, 2.75) is 19.4 Å². The van der Waals surface area contributed by atoms with Crippen molar-refractivity contribution < 1.29 is 19.4 Å². The van der Waals surface area contributed by atoms with Crippen LogP contribution in [0.5, 0.6) is 5.75 Å².